The summed E-state index contributed by atoms with van der Waals surface area (Å²) in [5.41, 5.74) is 8.20. The summed E-state index contributed by atoms with van der Waals surface area (Å²) >= 11 is 0. The molecule has 1 aromatic carbocycles. The summed E-state index contributed by atoms with van der Waals surface area (Å²) in [6.07, 6.45) is 0. The first-order valence-electron chi connectivity index (χ1n) is 5.57. The van der Waals surface area contributed by atoms with Gasteiger partial charge in [-0.15, -0.1) is 0 Å². The first kappa shape index (κ1) is 12.1. The molecule has 1 aromatic heterocycles. The second kappa shape index (κ2) is 4.86. The van der Waals surface area contributed by atoms with Gasteiger partial charge in [0.05, 0.1) is 6.54 Å². The normalized spacial score (nSPS) is 10.1. The number of hydrogen-bond donors (Lipinski definition) is 1. The van der Waals surface area contributed by atoms with Crippen LogP contribution in [0, 0.1) is 11.3 Å². The van der Waals surface area contributed by atoms with Gasteiger partial charge >= 0.3 is 0 Å². The van der Waals surface area contributed by atoms with Gasteiger partial charge in [0.1, 0.15) is 11.8 Å². The lowest BCUT2D eigenvalue weighted by Gasteiger charge is -2.09. The highest BCUT2D eigenvalue weighted by Gasteiger charge is 2.14. The van der Waals surface area contributed by atoms with Crippen LogP contribution < -0.4 is 5.73 Å². The van der Waals surface area contributed by atoms with Crippen molar-refractivity contribution in [3.63, 3.8) is 0 Å². The van der Waals surface area contributed by atoms with Gasteiger partial charge in [0.15, 0.2) is 5.78 Å². The van der Waals surface area contributed by atoms with Gasteiger partial charge in [-0.25, -0.2) is 0 Å². The fourth-order valence-corrected chi connectivity index (χ4v) is 1.95. The van der Waals surface area contributed by atoms with E-state index in [0.717, 1.165) is 11.3 Å². The van der Waals surface area contributed by atoms with Gasteiger partial charge in [-0.05, 0) is 12.1 Å². The second-order valence-corrected chi connectivity index (χ2v) is 3.95. The number of carbonyl (C=O) groups excluding carboxylic acids is 1. The molecule has 0 spiro atoms. The maximum absolute atomic E-state index is 11.8. The lowest BCUT2D eigenvalue weighted by Crippen LogP contribution is -2.14. The summed E-state index contributed by atoms with van der Waals surface area (Å²) in [5.74, 6) is -0.106. The molecule has 0 saturated heterocycles. The molecule has 0 aliphatic carbocycles. The average Bonchev–Trinajstić information content (AvgIpc) is 2.78. The maximum Gasteiger partial charge on any atom is 0.177 e. The van der Waals surface area contributed by atoms with Gasteiger partial charge in [0, 0.05) is 23.9 Å². The molecule has 1 heterocycles. The second-order valence-electron chi connectivity index (χ2n) is 3.95. The number of hydrogen-bond acceptors (Lipinski definition) is 3. The van der Waals surface area contributed by atoms with Crippen LogP contribution in [0.3, 0.4) is 0 Å². The van der Waals surface area contributed by atoms with Crippen molar-refractivity contribution >= 4 is 5.78 Å². The highest BCUT2D eigenvalue weighted by molar-refractivity contribution is 6.03. The number of nitrogens with zero attached hydrogens (tertiary/aromatic N) is 2. The first-order valence-corrected chi connectivity index (χ1v) is 5.57. The van der Waals surface area contributed by atoms with Crippen LogP contribution in [0.25, 0.3) is 11.3 Å². The maximum atomic E-state index is 11.8. The first-order chi connectivity index (χ1) is 8.69. The van der Waals surface area contributed by atoms with Crippen molar-refractivity contribution in [2.75, 3.05) is 6.54 Å². The predicted molar refractivity (Wildman–Crippen MR) is 68.9 cm³/mol. The number of benzene rings is 1. The van der Waals surface area contributed by atoms with E-state index in [2.05, 4.69) is 6.07 Å². The Hall–Kier alpha value is -2.38. The molecular weight excluding hydrogens is 226 g/mol. The molecule has 0 unspecified atom stereocenters. The summed E-state index contributed by atoms with van der Waals surface area (Å²) < 4.78 is 1.77. The van der Waals surface area contributed by atoms with Crippen LogP contribution in [0.4, 0.5) is 0 Å². The SMILES string of the molecule is Cn1c(C#N)ccc1-c1ccccc1C(=O)CN. The molecule has 90 valence electrons. The van der Waals surface area contributed by atoms with E-state index in [9.17, 15) is 4.79 Å². The van der Waals surface area contributed by atoms with E-state index in [1.165, 1.54) is 0 Å². The minimum atomic E-state index is -0.106. The Balaban J connectivity index is 2.61. The Morgan fingerprint density at radius 1 is 1.33 bits per heavy atom. The minimum Gasteiger partial charge on any atom is -0.335 e. The molecule has 0 radical (unpaired) electrons. The van der Waals surface area contributed by atoms with Crippen LogP contribution in [0.15, 0.2) is 36.4 Å². The Morgan fingerprint density at radius 2 is 2.06 bits per heavy atom. The molecule has 4 nitrogen and oxygen atoms in total. The van der Waals surface area contributed by atoms with Crippen molar-refractivity contribution in [3.8, 4) is 17.3 Å². The van der Waals surface area contributed by atoms with Crippen LogP contribution in [-0.2, 0) is 7.05 Å². The van der Waals surface area contributed by atoms with Crippen molar-refractivity contribution < 1.29 is 4.79 Å². The third-order valence-electron chi connectivity index (χ3n) is 2.93. The Bertz CT molecular complexity index is 635. The van der Waals surface area contributed by atoms with Crippen molar-refractivity contribution in [1.29, 1.82) is 5.26 Å². The van der Waals surface area contributed by atoms with Gasteiger partial charge in [-0.1, -0.05) is 24.3 Å². The zero-order chi connectivity index (χ0) is 13.1. The molecule has 0 saturated carbocycles. The minimum absolute atomic E-state index is 0.0213. The van der Waals surface area contributed by atoms with Gasteiger partial charge in [-0.3, -0.25) is 4.79 Å². The largest absolute Gasteiger partial charge is 0.335 e. The summed E-state index contributed by atoms with van der Waals surface area (Å²) in [5, 5.41) is 8.95. The van der Waals surface area contributed by atoms with Crippen molar-refractivity contribution in [1.82, 2.24) is 4.57 Å². The molecule has 2 aromatic rings. The van der Waals surface area contributed by atoms with E-state index in [1.54, 1.807) is 29.8 Å². The molecule has 0 atom stereocenters. The smallest absolute Gasteiger partial charge is 0.177 e. The molecule has 2 N–H and O–H groups in total. The number of rotatable bonds is 3. The third-order valence-corrected chi connectivity index (χ3v) is 2.93. The van der Waals surface area contributed by atoms with Crippen LogP contribution in [0.2, 0.25) is 0 Å². The van der Waals surface area contributed by atoms with Crippen LogP contribution in [-0.4, -0.2) is 16.9 Å². The quantitative estimate of drug-likeness (QED) is 0.829. The number of nitriles is 1. The van der Waals surface area contributed by atoms with E-state index in [-0.39, 0.29) is 12.3 Å². The highest BCUT2D eigenvalue weighted by atomic mass is 16.1. The lowest BCUT2D eigenvalue weighted by molar-refractivity contribution is 0.100. The zero-order valence-electron chi connectivity index (χ0n) is 10.1. The van der Waals surface area contributed by atoms with Gasteiger partial charge < -0.3 is 10.3 Å². The Kier molecular flexibility index (Phi) is 3.26. The van der Waals surface area contributed by atoms with Crippen LogP contribution >= 0.6 is 0 Å². The summed E-state index contributed by atoms with van der Waals surface area (Å²) in [4.78, 5) is 11.8. The fraction of sp³-hybridized carbons (Fsp3) is 0.143. The lowest BCUT2D eigenvalue weighted by atomic mass is 10.0. The van der Waals surface area contributed by atoms with E-state index < -0.39 is 0 Å². The van der Waals surface area contributed by atoms with E-state index >= 15 is 0 Å². The van der Waals surface area contributed by atoms with Crippen LogP contribution in [0.1, 0.15) is 16.1 Å². The predicted octanol–water partition coefficient (Wildman–Crippen LogP) is 1.71. The number of carbonyl (C=O) groups is 1. The van der Waals surface area contributed by atoms with E-state index in [0.29, 0.717) is 11.3 Å². The fourth-order valence-electron chi connectivity index (χ4n) is 1.95. The average molecular weight is 239 g/mol. The number of ketones is 1. The van der Waals surface area contributed by atoms with Crippen molar-refractivity contribution in [2.45, 2.75) is 0 Å². The molecular formula is C14H13N3O. The van der Waals surface area contributed by atoms with E-state index in [4.69, 9.17) is 11.0 Å². The van der Waals surface area contributed by atoms with Gasteiger partial charge in [-0.2, -0.15) is 5.26 Å². The Labute approximate surface area is 105 Å². The van der Waals surface area contributed by atoms with Crippen molar-refractivity contribution in [3.05, 3.63) is 47.7 Å². The zero-order valence-corrected chi connectivity index (χ0v) is 10.1. The molecule has 4 heteroatoms. The molecule has 0 aliphatic heterocycles. The number of aromatic nitrogens is 1. The molecule has 0 fully saturated rings. The van der Waals surface area contributed by atoms with Gasteiger partial charge in [0.25, 0.3) is 0 Å². The number of Topliss-reactive ketones (excluding diaryl/α,β-unsaturated/α-hetero) is 1. The summed E-state index contributed by atoms with van der Waals surface area (Å²) in [6, 6.07) is 13.0. The number of nitrogens with two attached hydrogens (primary N) is 1. The molecule has 0 bridgehead atoms. The molecule has 18 heavy (non-hydrogen) atoms. The topological polar surface area (TPSA) is 71.8 Å². The van der Waals surface area contributed by atoms with Gasteiger partial charge in [0.2, 0.25) is 0 Å². The standard InChI is InChI=1S/C14H13N3O/c1-17-10(8-15)6-7-13(17)11-4-2-3-5-12(11)14(18)9-16/h2-7H,9,16H2,1H3. The highest BCUT2D eigenvalue weighted by Crippen LogP contribution is 2.25. The molecule has 0 aliphatic rings. The van der Waals surface area contributed by atoms with Crippen molar-refractivity contribution in [2.24, 2.45) is 12.8 Å². The summed E-state index contributed by atoms with van der Waals surface area (Å²) in [6.45, 7) is -0.0213. The Morgan fingerprint density at radius 3 is 2.67 bits per heavy atom. The molecule has 2 rings (SSSR count). The van der Waals surface area contributed by atoms with E-state index in [1.807, 2.05) is 18.2 Å². The van der Waals surface area contributed by atoms with Crippen LogP contribution in [0.5, 0.6) is 0 Å². The summed E-state index contributed by atoms with van der Waals surface area (Å²) in [7, 11) is 1.80. The monoisotopic (exact) mass is 239 g/mol. The molecule has 0 amide bonds. The third kappa shape index (κ3) is 1.92.